The molecule has 0 saturated carbocycles. The summed E-state index contributed by atoms with van der Waals surface area (Å²) >= 11 is 0. The van der Waals surface area contributed by atoms with Gasteiger partial charge in [-0.25, -0.2) is 4.79 Å². The molecule has 0 aliphatic carbocycles. The summed E-state index contributed by atoms with van der Waals surface area (Å²) in [5.41, 5.74) is 3.22. The summed E-state index contributed by atoms with van der Waals surface area (Å²) < 4.78 is 5.20. The Morgan fingerprint density at radius 2 is 1.77 bits per heavy atom. The zero-order valence-electron chi connectivity index (χ0n) is 18.6. The highest BCUT2D eigenvalue weighted by Gasteiger charge is 2.31. The number of piperazine rings is 1. The maximum atomic E-state index is 13.0. The van der Waals surface area contributed by atoms with Crippen LogP contribution in [0.25, 0.3) is 11.1 Å². The minimum absolute atomic E-state index is 0.127. The lowest BCUT2D eigenvalue weighted by Gasteiger charge is -2.43. The molecule has 8 nitrogen and oxygen atoms in total. The van der Waals surface area contributed by atoms with E-state index in [2.05, 4.69) is 9.88 Å². The first kappa shape index (κ1) is 21.6. The molecule has 0 bridgehead atoms. The van der Waals surface area contributed by atoms with Crippen LogP contribution < -0.4 is 5.76 Å². The molecular formula is C23H32N4O4. The number of benzene rings is 1. The standard InChI is InChI=1S/C23H32N4O4/c1-15-12-18(14-20-21(15)24-23(30)31-20)13-16(2)22(29)27-6-4-19(5-7-27)26-10-8-25(9-11-26)17(3)28/h12,14,16,19H,4-11,13H2,1-3H3,(H,24,30)/t16-/m1/s1. The molecule has 4 rings (SSSR count). The number of fused-ring (bicyclic) bond motifs is 1. The first-order valence-electron chi connectivity index (χ1n) is 11.2. The van der Waals surface area contributed by atoms with Crippen LogP contribution in [-0.2, 0) is 16.0 Å². The molecule has 1 aromatic carbocycles. The number of carbonyl (C=O) groups excluding carboxylic acids is 2. The third-order valence-electron chi connectivity index (χ3n) is 6.80. The van der Waals surface area contributed by atoms with E-state index in [1.54, 1.807) is 6.92 Å². The second kappa shape index (κ2) is 8.86. The molecule has 1 atom stereocenters. The van der Waals surface area contributed by atoms with Crippen molar-refractivity contribution in [2.75, 3.05) is 39.3 Å². The van der Waals surface area contributed by atoms with Gasteiger partial charge in [-0.15, -0.1) is 0 Å². The van der Waals surface area contributed by atoms with Crippen LogP contribution in [0.4, 0.5) is 0 Å². The normalized spacial score (nSPS) is 19.7. The SMILES string of the molecule is CC(=O)N1CCN(C2CCN(C(=O)[C@H](C)Cc3cc(C)c4[nH]c(=O)oc4c3)CC2)CC1. The number of oxazole rings is 1. The average molecular weight is 429 g/mol. The van der Waals surface area contributed by atoms with E-state index in [0.717, 1.165) is 68.8 Å². The van der Waals surface area contributed by atoms with Gasteiger partial charge in [0.25, 0.3) is 0 Å². The molecule has 0 unspecified atom stereocenters. The summed E-state index contributed by atoms with van der Waals surface area (Å²) in [5.74, 6) is -0.238. The molecule has 2 fully saturated rings. The Bertz CT molecular complexity index is 1010. The number of carbonyl (C=O) groups is 2. The number of amides is 2. The lowest BCUT2D eigenvalue weighted by Crippen LogP contribution is -2.54. The highest BCUT2D eigenvalue weighted by Crippen LogP contribution is 2.23. The van der Waals surface area contributed by atoms with Crippen molar-refractivity contribution in [1.82, 2.24) is 19.7 Å². The largest absolute Gasteiger partial charge is 0.417 e. The number of aromatic nitrogens is 1. The van der Waals surface area contributed by atoms with Crippen molar-refractivity contribution >= 4 is 22.9 Å². The second-order valence-corrected chi connectivity index (χ2v) is 9.00. The van der Waals surface area contributed by atoms with E-state index in [1.807, 2.05) is 35.8 Å². The van der Waals surface area contributed by atoms with Crippen LogP contribution in [0.5, 0.6) is 0 Å². The van der Waals surface area contributed by atoms with Gasteiger partial charge in [0.2, 0.25) is 11.8 Å². The number of nitrogens with one attached hydrogen (secondary N) is 1. The second-order valence-electron chi connectivity index (χ2n) is 9.00. The molecule has 2 aliphatic heterocycles. The molecule has 1 N–H and O–H groups in total. The summed E-state index contributed by atoms with van der Waals surface area (Å²) in [6.45, 7) is 10.6. The highest BCUT2D eigenvalue weighted by molar-refractivity contribution is 5.80. The van der Waals surface area contributed by atoms with E-state index in [4.69, 9.17) is 4.42 Å². The maximum Gasteiger partial charge on any atom is 0.417 e. The van der Waals surface area contributed by atoms with Gasteiger partial charge in [-0.05, 0) is 43.4 Å². The number of piperidine rings is 1. The number of rotatable bonds is 4. The van der Waals surface area contributed by atoms with Crippen molar-refractivity contribution in [3.8, 4) is 0 Å². The Labute approximate surface area is 182 Å². The summed E-state index contributed by atoms with van der Waals surface area (Å²) in [6, 6.07) is 4.37. The number of likely N-dealkylation sites (tertiary alicyclic amines) is 1. The van der Waals surface area contributed by atoms with Crippen LogP contribution in [0.3, 0.4) is 0 Å². The topological polar surface area (TPSA) is 89.9 Å². The van der Waals surface area contributed by atoms with Crippen LogP contribution >= 0.6 is 0 Å². The van der Waals surface area contributed by atoms with Gasteiger partial charge in [0.15, 0.2) is 5.58 Å². The molecule has 2 saturated heterocycles. The van der Waals surface area contributed by atoms with E-state index in [-0.39, 0.29) is 17.7 Å². The summed E-state index contributed by atoms with van der Waals surface area (Å²) in [4.78, 5) is 45.1. The van der Waals surface area contributed by atoms with Crippen molar-refractivity contribution in [3.05, 3.63) is 33.8 Å². The van der Waals surface area contributed by atoms with Crippen LogP contribution in [0.2, 0.25) is 0 Å². The lowest BCUT2D eigenvalue weighted by molar-refractivity contribution is -0.137. The molecule has 2 aromatic rings. The molecule has 3 heterocycles. The molecule has 2 amide bonds. The molecule has 2 aliphatic rings. The first-order chi connectivity index (χ1) is 14.8. The van der Waals surface area contributed by atoms with Crippen molar-refractivity contribution in [2.45, 2.75) is 46.1 Å². The van der Waals surface area contributed by atoms with Crippen molar-refractivity contribution in [1.29, 1.82) is 0 Å². The van der Waals surface area contributed by atoms with E-state index < -0.39 is 5.76 Å². The Morgan fingerprint density at radius 1 is 1.10 bits per heavy atom. The molecular weight excluding hydrogens is 396 g/mol. The smallest absolute Gasteiger partial charge is 0.408 e. The quantitative estimate of drug-likeness (QED) is 0.802. The van der Waals surface area contributed by atoms with E-state index in [0.29, 0.717) is 18.0 Å². The molecule has 31 heavy (non-hydrogen) atoms. The number of H-pyrrole nitrogens is 1. The Kier molecular flexibility index (Phi) is 6.18. The van der Waals surface area contributed by atoms with Gasteiger partial charge in [0.05, 0.1) is 5.52 Å². The Hall–Kier alpha value is -2.61. The molecule has 1 aromatic heterocycles. The van der Waals surface area contributed by atoms with Crippen molar-refractivity contribution in [2.24, 2.45) is 5.92 Å². The van der Waals surface area contributed by atoms with Crippen LogP contribution in [-0.4, -0.2) is 76.8 Å². The van der Waals surface area contributed by atoms with Crippen molar-refractivity contribution < 1.29 is 14.0 Å². The first-order valence-corrected chi connectivity index (χ1v) is 11.2. The minimum Gasteiger partial charge on any atom is -0.408 e. The fraction of sp³-hybridized carbons (Fsp3) is 0.609. The maximum absolute atomic E-state index is 13.0. The number of nitrogens with zero attached hydrogens (tertiary/aromatic N) is 3. The van der Waals surface area contributed by atoms with Gasteiger partial charge in [-0.2, -0.15) is 0 Å². The summed E-state index contributed by atoms with van der Waals surface area (Å²) in [6.07, 6.45) is 2.59. The van der Waals surface area contributed by atoms with Gasteiger partial charge in [0.1, 0.15) is 0 Å². The molecule has 0 spiro atoms. The Morgan fingerprint density at radius 3 is 2.42 bits per heavy atom. The zero-order valence-corrected chi connectivity index (χ0v) is 18.6. The molecule has 168 valence electrons. The van der Waals surface area contributed by atoms with E-state index in [9.17, 15) is 14.4 Å². The average Bonchev–Trinajstić information content (AvgIpc) is 3.14. The number of aryl methyl sites for hydroxylation is 1. The van der Waals surface area contributed by atoms with Crippen LogP contribution in [0.1, 0.15) is 37.8 Å². The van der Waals surface area contributed by atoms with Gasteiger partial charge in [-0.1, -0.05) is 13.0 Å². The van der Waals surface area contributed by atoms with Crippen LogP contribution in [0, 0.1) is 12.8 Å². The third kappa shape index (κ3) is 4.69. The monoisotopic (exact) mass is 428 g/mol. The summed E-state index contributed by atoms with van der Waals surface area (Å²) in [7, 11) is 0. The zero-order chi connectivity index (χ0) is 22.1. The number of hydrogen-bond acceptors (Lipinski definition) is 5. The predicted octanol–water partition coefficient (Wildman–Crippen LogP) is 1.76. The van der Waals surface area contributed by atoms with E-state index in [1.165, 1.54) is 0 Å². The lowest BCUT2D eigenvalue weighted by atomic mass is 9.96. The Balaban J connectivity index is 1.30. The number of hydrogen-bond donors (Lipinski definition) is 1. The number of aromatic amines is 1. The third-order valence-corrected chi connectivity index (χ3v) is 6.80. The molecule has 8 heteroatoms. The van der Waals surface area contributed by atoms with E-state index >= 15 is 0 Å². The van der Waals surface area contributed by atoms with Gasteiger partial charge in [-0.3, -0.25) is 19.5 Å². The van der Waals surface area contributed by atoms with Crippen molar-refractivity contribution in [3.63, 3.8) is 0 Å². The molecule has 0 radical (unpaired) electrons. The van der Waals surface area contributed by atoms with Gasteiger partial charge < -0.3 is 14.2 Å². The minimum atomic E-state index is -0.454. The summed E-state index contributed by atoms with van der Waals surface area (Å²) in [5, 5.41) is 0. The fourth-order valence-electron chi connectivity index (χ4n) is 5.02. The van der Waals surface area contributed by atoms with Gasteiger partial charge in [0, 0.05) is 58.2 Å². The van der Waals surface area contributed by atoms with Gasteiger partial charge >= 0.3 is 5.76 Å². The fourth-order valence-corrected chi connectivity index (χ4v) is 5.02. The predicted molar refractivity (Wildman–Crippen MR) is 118 cm³/mol. The highest BCUT2D eigenvalue weighted by atomic mass is 16.4. The van der Waals surface area contributed by atoms with Crippen LogP contribution in [0.15, 0.2) is 21.3 Å².